The van der Waals surface area contributed by atoms with Gasteiger partial charge in [-0.1, -0.05) is 31.7 Å². The number of nitrogens with one attached hydrogen (secondary N) is 1. The number of hydrogen-bond acceptors (Lipinski definition) is 2. The number of rotatable bonds is 3. The highest BCUT2D eigenvalue weighted by molar-refractivity contribution is 9.10. The van der Waals surface area contributed by atoms with Gasteiger partial charge in [-0.05, 0) is 40.9 Å². The topological polar surface area (TPSA) is 66.4 Å². The molecule has 0 aliphatic heterocycles. The van der Waals surface area contributed by atoms with E-state index in [0.717, 1.165) is 25.7 Å². The fourth-order valence-corrected chi connectivity index (χ4v) is 3.06. The molecule has 1 aromatic rings. The number of anilines is 1. The van der Waals surface area contributed by atoms with Crippen molar-refractivity contribution in [2.45, 2.75) is 38.5 Å². The summed E-state index contributed by atoms with van der Waals surface area (Å²) in [7, 11) is 0. The number of carbonyl (C=O) groups is 2. The van der Waals surface area contributed by atoms with Crippen LogP contribution >= 0.6 is 15.9 Å². The summed E-state index contributed by atoms with van der Waals surface area (Å²) in [6.45, 7) is 0. The summed E-state index contributed by atoms with van der Waals surface area (Å²) in [5.41, 5.74) is 0.468. The molecule has 0 spiro atoms. The van der Waals surface area contributed by atoms with Gasteiger partial charge in [0, 0.05) is 10.4 Å². The summed E-state index contributed by atoms with van der Waals surface area (Å²) in [6, 6.07) is 4.87. The van der Waals surface area contributed by atoms with Crippen molar-refractivity contribution < 1.29 is 14.7 Å². The molecule has 5 heteroatoms. The van der Waals surface area contributed by atoms with Gasteiger partial charge >= 0.3 is 5.97 Å². The molecule has 1 aliphatic rings. The van der Waals surface area contributed by atoms with E-state index in [1.807, 2.05) is 0 Å². The van der Waals surface area contributed by atoms with Crippen LogP contribution in [0.15, 0.2) is 22.7 Å². The van der Waals surface area contributed by atoms with Crippen molar-refractivity contribution in [3.63, 3.8) is 0 Å². The van der Waals surface area contributed by atoms with Gasteiger partial charge in [0.2, 0.25) is 5.91 Å². The van der Waals surface area contributed by atoms with Crippen LogP contribution in [0.4, 0.5) is 5.69 Å². The van der Waals surface area contributed by atoms with Crippen LogP contribution in [0.25, 0.3) is 0 Å². The minimum atomic E-state index is -1.04. The second kappa shape index (κ2) is 6.88. The molecule has 20 heavy (non-hydrogen) atoms. The molecule has 2 rings (SSSR count). The molecule has 1 aliphatic carbocycles. The molecule has 1 amide bonds. The summed E-state index contributed by atoms with van der Waals surface area (Å²) < 4.78 is 0.597. The Morgan fingerprint density at radius 3 is 2.40 bits per heavy atom. The molecule has 0 saturated heterocycles. The number of para-hydroxylation sites is 1. The smallest absolute Gasteiger partial charge is 0.337 e. The van der Waals surface area contributed by atoms with Crippen LogP contribution in [-0.4, -0.2) is 17.0 Å². The molecule has 108 valence electrons. The van der Waals surface area contributed by atoms with E-state index in [1.165, 1.54) is 18.9 Å². The van der Waals surface area contributed by atoms with Gasteiger partial charge in [-0.15, -0.1) is 0 Å². The Kier molecular flexibility index (Phi) is 5.17. The van der Waals surface area contributed by atoms with Crippen LogP contribution in [0, 0.1) is 5.92 Å². The molecule has 0 radical (unpaired) electrons. The SMILES string of the molecule is O=C(O)c1cccc(Br)c1NC(=O)C1CCCCCC1. The number of benzene rings is 1. The number of carboxylic acids is 1. The normalized spacial score (nSPS) is 16.4. The zero-order valence-electron chi connectivity index (χ0n) is 11.2. The molecule has 0 heterocycles. The van der Waals surface area contributed by atoms with Crippen molar-refractivity contribution in [2.75, 3.05) is 5.32 Å². The average Bonchev–Trinajstić information content (AvgIpc) is 2.69. The van der Waals surface area contributed by atoms with Gasteiger partial charge in [0.1, 0.15) is 0 Å². The summed E-state index contributed by atoms with van der Waals surface area (Å²) >= 11 is 3.31. The van der Waals surface area contributed by atoms with Crippen molar-refractivity contribution in [1.29, 1.82) is 0 Å². The molecule has 1 aromatic carbocycles. The van der Waals surface area contributed by atoms with Gasteiger partial charge in [-0.25, -0.2) is 4.79 Å². The Morgan fingerprint density at radius 2 is 1.80 bits per heavy atom. The molecule has 1 fully saturated rings. The molecule has 4 nitrogen and oxygen atoms in total. The van der Waals surface area contributed by atoms with Crippen LogP contribution in [0.3, 0.4) is 0 Å². The van der Waals surface area contributed by atoms with Crippen LogP contribution in [-0.2, 0) is 4.79 Å². The maximum atomic E-state index is 12.3. The molecular weight excluding hydrogens is 322 g/mol. The Labute approximate surface area is 126 Å². The minimum absolute atomic E-state index is 0.00810. The monoisotopic (exact) mass is 339 g/mol. The third kappa shape index (κ3) is 3.60. The number of carbonyl (C=O) groups excluding carboxylic acids is 1. The summed E-state index contributed by atoms with van der Waals surface area (Å²) in [5, 5.41) is 12.0. The zero-order chi connectivity index (χ0) is 14.5. The summed E-state index contributed by atoms with van der Waals surface area (Å²) in [5.74, 6) is -1.12. The van der Waals surface area contributed by atoms with Gasteiger partial charge in [0.05, 0.1) is 11.3 Å². The first kappa shape index (κ1) is 15.0. The fraction of sp³-hybridized carbons (Fsp3) is 0.467. The summed E-state index contributed by atoms with van der Waals surface area (Å²) in [6.07, 6.45) is 6.27. The highest BCUT2D eigenvalue weighted by Crippen LogP contribution is 2.29. The molecule has 0 unspecified atom stereocenters. The maximum Gasteiger partial charge on any atom is 0.337 e. The van der Waals surface area contributed by atoms with E-state index in [2.05, 4.69) is 21.2 Å². The van der Waals surface area contributed by atoms with Gasteiger partial charge < -0.3 is 10.4 Å². The standard InChI is InChI=1S/C15H18BrNO3/c16-12-9-5-8-11(15(19)20)13(12)17-14(18)10-6-3-1-2-4-7-10/h5,8-10H,1-4,6-7H2,(H,17,18)(H,19,20). The second-order valence-corrected chi connectivity index (χ2v) is 6.00. The second-order valence-electron chi connectivity index (χ2n) is 5.15. The zero-order valence-corrected chi connectivity index (χ0v) is 12.8. The Balaban J connectivity index is 2.16. The molecular formula is C15H18BrNO3. The molecule has 1 saturated carbocycles. The summed E-state index contributed by atoms with van der Waals surface area (Å²) in [4.78, 5) is 23.5. The lowest BCUT2D eigenvalue weighted by Crippen LogP contribution is -2.23. The van der Waals surface area contributed by atoms with Gasteiger partial charge in [-0.3, -0.25) is 4.79 Å². The molecule has 2 N–H and O–H groups in total. The number of hydrogen-bond donors (Lipinski definition) is 2. The predicted octanol–water partition coefficient (Wildman–Crippen LogP) is 4.06. The first-order valence-corrected chi connectivity index (χ1v) is 7.71. The van der Waals surface area contributed by atoms with E-state index in [4.69, 9.17) is 0 Å². The first-order chi connectivity index (χ1) is 9.59. The molecule has 0 bridgehead atoms. The predicted molar refractivity (Wildman–Crippen MR) is 80.9 cm³/mol. The largest absolute Gasteiger partial charge is 0.478 e. The van der Waals surface area contributed by atoms with E-state index < -0.39 is 5.97 Å². The van der Waals surface area contributed by atoms with Crippen LogP contribution in [0.2, 0.25) is 0 Å². The van der Waals surface area contributed by atoms with E-state index in [0.29, 0.717) is 10.2 Å². The highest BCUT2D eigenvalue weighted by Gasteiger charge is 2.22. The lowest BCUT2D eigenvalue weighted by molar-refractivity contribution is -0.120. The molecule has 0 atom stereocenters. The third-order valence-corrected chi connectivity index (χ3v) is 4.38. The quantitative estimate of drug-likeness (QED) is 0.816. The number of amides is 1. The third-order valence-electron chi connectivity index (χ3n) is 3.72. The Morgan fingerprint density at radius 1 is 1.15 bits per heavy atom. The average molecular weight is 340 g/mol. The van der Waals surface area contributed by atoms with E-state index in [-0.39, 0.29) is 17.4 Å². The first-order valence-electron chi connectivity index (χ1n) is 6.92. The van der Waals surface area contributed by atoms with Crippen molar-refractivity contribution >= 4 is 33.5 Å². The number of halogens is 1. The van der Waals surface area contributed by atoms with E-state index >= 15 is 0 Å². The molecule has 0 aromatic heterocycles. The van der Waals surface area contributed by atoms with Gasteiger partial charge in [0.15, 0.2) is 0 Å². The van der Waals surface area contributed by atoms with Crippen LogP contribution < -0.4 is 5.32 Å². The Bertz CT molecular complexity index is 508. The maximum absolute atomic E-state index is 12.3. The minimum Gasteiger partial charge on any atom is -0.478 e. The number of carboxylic acid groups (broad SMARTS) is 1. The number of aromatic carboxylic acids is 1. The lowest BCUT2D eigenvalue weighted by Gasteiger charge is -2.16. The van der Waals surface area contributed by atoms with Gasteiger partial charge in [0.25, 0.3) is 0 Å². The van der Waals surface area contributed by atoms with Crippen molar-refractivity contribution in [1.82, 2.24) is 0 Å². The van der Waals surface area contributed by atoms with Gasteiger partial charge in [-0.2, -0.15) is 0 Å². The van der Waals surface area contributed by atoms with Crippen LogP contribution in [0.5, 0.6) is 0 Å². The highest BCUT2D eigenvalue weighted by atomic mass is 79.9. The van der Waals surface area contributed by atoms with E-state index in [9.17, 15) is 14.7 Å². The Hall–Kier alpha value is -1.36. The van der Waals surface area contributed by atoms with Crippen molar-refractivity contribution in [2.24, 2.45) is 5.92 Å². The van der Waals surface area contributed by atoms with E-state index in [1.54, 1.807) is 12.1 Å². The van der Waals surface area contributed by atoms with Crippen LogP contribution in [0.1, 0.15) is 48.9 Å². The van der Waals surface area contributed by atoms with Crippen molar-refractivity contribution in [3.05, 3.63) is 28.2 Å². The fourth-order valence-electron chi connectivity index (χ4n) is 2.60. The lowest BCUT2D eigenvalue weighted by atomic mass is 9.99. The van der Waals surface area contributed by atoms with Crippen molar-refractivity contribution in [3.8, 4) is 0 Å².